The molecule has 1 N–H and O–H groups in total. The van der Waals surface area contributed by atoms with Crippen molar-refractivity contribution in [3.63, 3.8) is 0 Å². The van der Waals surface area contributed by atoms with E-state index >= 15 is 0 Å². The van der Waals surface area contributed by atoms with Crippen LogP contribution in [-0.2, 0) is 16.3 Å². The molecule has 2 rings (SSSR count). The highest BCUT2D eigenvalue weighted by Gasteiger charge is 2.28. The Kier molecular flexibility index (Phi) is 2.84. The summed E-state index contributed by atoms with van der Waals surface area (Å²) < 4.78 is 22.5. The second-order valence-electron chi connectivity index (χ2n) is 4.31. The van der Waals surface area contributed by atoms with Gasteiger partial charge in [0.25, 0.3) is 0 Å². The van der Waals surface area contributed by atoms with Crippen LogP contribution in [0.3, 0.4) is 0 Å². The zero-order valence-electron chi connectivity index (χ0n) is 9.06. The summed E-state index contributed by atoms with van der Waals surface area (Å²) in [5, 5.41) is 6.65. The van der Waals surface area contributed by atoms with E-state index in [1.165, 1.54) is 6.92 Å². The first-order valence-corrected chi connectivity index (χ1v) is 7.04. The van der Waals surface area contributed by atoms with Crippen molar-refractivity contribution in [3.8, 4) is 0 Å². The molecule has 0 spiro atoms. The van der Waals surface area contributed by atoms with E-state index in [1.54, 1.807) is 6.07 Å². The largest absolute Gasteiger partial charge is 0.293 e. The summed E-state index contributed by atoms with van der Waals surface area (Å²) in [6, 6.07) is 1.70. The summed E-state index contributed by atoms with van der Waals surface area (Å²) in [6.07, 6.45) is 1.36. The Hall–Kier alpha value is -1.17. The number of aromatic amines is 1. The van der Waals surface area contributed by atoms with E-state index in [0.717, 1.165) is 5.69 Å². The van der Waals surface area contributed by atoms with Crippen molar-refractivity contribution in [2.45, 2.75) is 19.8 Å². The summed E-state index contributed by atoms with van der Waals surface area (Å²) in [4.78, 5) is 11.0. The lowest BCUT2D eigenvalue weighted by Crippen LogP contribution is -2.07. The van der Waals surface area contributed by atoms with Crippen LogP contribution in [0.5, 0.6) is 0 Å². The molecule has 5 nitrogen and oxygen atoms in total. The highest BCUT2D eigenvalue weighted by molar-refractivity contribution is 7.91. The lowest BCUT2D eigenvalue weighted by atomic mass is 10.0. The van der Waals surface area contributed by atoms with E-state index in [9.17, 15) is 13.2 Å². The normalized spacial score (nSPS) is 23.4. The average molecular weight is 242 g/mol. The zero-order chi connectivity index (χ0) is 11.8. The Morgan fingerprint density at radius 3 is 2.88 bits per heavy atom. The smallest absolute Gasteiger partial charge is 0.179 e. The minimum Gasteiger partial charge on any atom is -0.293 e. The number of rotatable bonds is 3. The molecule has 0 radical (unpaired) electrons. The van der Waals surface area contributed by atoms with E-state index in [1.807, 2.05) is 0 Å². The number of nitrogens with one attached hydrogen (secondary N) is 1. The van der Waals surface area contributed by atoms with Gasteiger partial charge in [0.05, 0.1) is 11.5 Å². The molecule has 6 heteroatoms. The molecule has 0 aromatic carbocycles. The van der Waals surface area contributed by atoms with Crippen molar-refractivity contribution in [1.29, 1.82) is 0 Å². The van der Waals surface area contributed by atoms with Gasteiger partial charge in [-0.2, -0.15) is 5.10 Å². The molecule has 1 aromatic rings. The minimum atomic E-state index is -2.83. The van der Waals surface area contributed by atoms with Gasteiger partial charge in [0, 0.05) is 12.6 Å². The molecule has 0 aliphatic carbocycles. The monoisotopic (exact) mass is 242 g/mol. The number of Topliss-reactive ketones (excluding diaryl/α,β-unsaturated/α-hetero) is 1. The molecular weight excluding hydrogens is 228 g/mol. The SMILES string of the molecule is CC(=O)c1cc(CC2CCS(=O)(=O)C2)[nH]n1. The molecule has 1 aliphatic heterocycles. The Bertz CT molecular complexity index is 504. The average Bonchev–Trinajstić information content (AvgIpc) is 2.73. The fourth-order valence-electron chi connectivity index (χ4n) is 1.99. The number of H-pyrrole nitrogens is 1. The maximum absolute atomic E-state index is 11.3. The van der Waals surface area contributed by atoms with Crippen LogP contribution in [0.25, 0.3) is 0 Å². The van der Waals surface area contributed by atoms with Crippen molar-refractivity contribution in [2.24, 2.45) is 5.92 Å². The maximum atomic E-state index is 11.3. The Morgan fingerprint density at radius 2 is 2.38 bits per heavy atom. The molecule has 0 amide bonds. The van der Waals surface area contributed by atoms with Crippen LogP contribution >= 0.6 is 0 Å². The van der Waals surface area contributed by atoms with Crippen LogP contribution in [-0.4, -0.2) is 35.9 Å². The summed E-state index contributed by atoms with van der Waals surface area (Å²) in [5.74, 6) is 0.610. The first-order chi connectivity index (χ1) is 7.46. The summed E-state index contributed by atoms with van der Waals surface area (Å²) in [7, 11) is -2.83. The van der Waals surface area contributed by atoms with Gasteiger partial charge in [-0.25, -0.2) is 8.42 Å². The quantitative estimate of drug-likeness (QED) is 0.787. The first kappa shape index (κ1) is 11.3. The van der Waals surface area contributed by atoms with Crippen LogP contribution in [0.15, 0.2) is 6.07 Å². The van der Waals surface area contributed by atoms with Gasteiger partial charge in [0.15, 0.2) is 15.6 Å². The fraction of sp³-hybridized carbons (Fsp3) is 0.600. The van der Waals surface area contributed by atoms with Crippen molar-refractivity contribution in [2.75, 3.05) is 11.5 Å². The number of hydrogen-bond donors (Lipinski definition) is 1. The number of ketones is 1. The first-order valence-electron chi connectivity index (χ1n) is 5.22. The lowest BCUT2D eigenvalue weighted by molar-refractivity contribution is 0.101. The third-order valence-corrected chi connectivity index (χ3v) is 4.66. The van der Waals surface area contributed by atoms with E-state index < -0.39 is 9.84 Å². The van der Waals surface area contributed by atoms with E-state index in [2.05, 4.69) is 10.2 Å². The van der Waals surface area contributed by atoms with Gasteiger partial charge in [0.1, 0.15) is 5.69 Å². The molecule has 1 saturated heterocycles. The van der Waals surface area contributed by atoms with E-state index in [0.29, 0.717) is 18.5 Å². The zero-order valence-corrected chi connectivity index (χ0v) is 9.88. The predicted octanol–water partition coefficient (Wildman–Crippen LogP) is 0.589. The van der Waals surface area contributed by atoms with Crippen molar-refractivity contribution >= 4 is 15.6 Å². The molecule has 1 atom stereocenters. The van der Waals surface area contributed by atoms with Crippen molar-refractivity contribution in [3.05, 3.63) is 17.5 Å². The number of nitrogens with zero attached hydrogens (tertiary/aromatic N) is 1. The van der Waals surface area contributed by atoms with Gasteiger partial charge in [-0.1, -0.05) is 0 Å². The number of sulfone groups is 1. The third-order valence-electron chi connectivity index (χ3n) is 2.83. The van der Waals surface area contributed by atoms with Crippen molar-refractivity contribution in [1.82, 2.24) is 10.2 Å². The molecule has 1 unspecified atom stereocenters. The molecule has 88 valence electrons. The Labute approximate surface area is 94.2 Å². The highest BCUT2D eigenvalue weighted by atomic mass is 32.2. The van der Waals surface area contributed by atoms with Gasteiger partial charge < -0.3 is 0 Å². The summed E-state index contributed by atoms with van der Waals surface area (Å²) in [6.45, 7) is 1.46. The van der Waals surface area contributed by atoms with Gasteiger partial charge in [-0.15, -0.1) is 0 Å². The minimum absolute atomic E-state index is 0.0819. The Morgan fingerprint density at radius 1 is 1.62 bits per heavy atom. The van der Waals surface area contributed by atoms with Crippen LogP contribution in [0, 0.1) is 5.92 Å². The summed E-state index contributed by atoms with van der Waals surface area (Å²) in [5.41, 5.74) is 1.25. The fourth-order valence-corrected chi connectivity index (χ4v) is 3.85. The topological polar surface area (TPSA) is 79.9 Å². The van der Waals surface area contributed by atoms with Crippen molar-refractivity contribution < 1.29 is 13.2 Å². The van der Waals surface area contributed by atoms with Gasteiger partial charge >= 0.3 is 0 Å². The second-order valence-corrected chi connectivity index (χ2v) is 6.54. The molecule has 0 saturated carbocycles. The molecule has 0 bridgehead atoms. The number of hydrogen-bond acceptors (Lipinski definition) is 4. The third kappa shape index (κ3) is 2.49. The van der Waals surface area contributed by atoms with E-state index in [-0.39, 0.29) is 23.2 Å². The Balaban J connectivity index is 2.02. The standard InChI is InChI=1S/C10H14N2O3S/c1-7(13)10-5-9(11-12-10)4-8-2-3-16(14,15)6-8/h5,8H,2-4,6H2,1H3,(H,11,12). The maximum Gasteiger partial charge on any atom is 0.179 e. The summed E-state index contributed by atoms with van der Waals surface area (Å²) >= 11 is 0. The van der Waals surface area contributed by atoms with Crippen LogP contribution in [0.1, 0.15) is 29.5 Å². The van der Waals surface area contributed by atoms with Gasteiger partial charge in [0.2, 0.25) is 0 Å². The molecule has 1 fully saturated rings. The second kappa shape index (κ2) is 4.01. The molecule has 1 aliphatic rings. The lowest BCUT2D eigenvalue weighted by Gasteiger charge is -2.03. The number of carbonyl (C=O) groups is 1. The number of aromatic nitrogens is 2. The van der Waals surface area contributed by atoms with Crippen LogP contribution < -0.4 is 0 Å². The molecule has 1 aromatic heterocycles. The highest BCUT2D eigenvalue weighted by Crippen LogP contribution is 2.22. The van der Waals surface area contributed by atoms with Gasteiger partial charge in [-0.05, 0) is 24.8 Å². The van der Waals surface area contributed by atoms with E-state index in [4.69, 9.17) is 0 Å². The molecule has 2 heterocycles. The predicted molar refractivity (Wildman–Crippen MR) is 59.1 cm³/mol. The molecule has 16 heavy (non-hydrogen) atoms. The van der Waals surface area contributed by atoms with Crippen LogP contribution in [0.4, 0.5) is 0 Å². The number of carbonyl (C=O) groups excluding carboxylic acids is 1. The van der Waals surface area contributed by atoms with Gasteiger partial charge in [-0.3, -0.25) is 9.89 Å². The molecular formula is C10H14N2O3S. The van der Waals surface area contributed by atoms with Crippen LogP contribution in [0.2, 0.25) is 0 Å².